The van der Waals surface area contributed by atoms with Crippen LogP contribution in [0.3, 0.4) is 0 Å². The minimum Gasteiger partial charge on any atom is -0.454 e. The molecule has 2 heterocycles. The quantitative estimate of drug-likeness (QED) is 0.166. The van der Waals surface area contributed by atoms with Crippen LogP contribution < -0.4 is 10.5 Å². The molecule has 7 rings (SSSR count). The predicted molar refractivity (Wildman–Crippen MR) is 179 cm³/mol. The van der Waals surface area contributed by atoms with E-state index in [1.54, 1.807) is 55.5 Å². The number of halogens is 2. The molecule has 2 N–H and O–H groups in total. The van der Waals surface area contributed by atoms with Crippen LogP contribution in [0.25, 0.3) is 27.7 Å². The molecule has 48 heavy (non-hydrogen) atoms. The molecular weight excluding hydrogens is 634 g/mol. The second-order valence-corrected chi connectivity index (χ2v) is 12.8. The van der Waals surface area contributed by atoms with Crippen molar-refractivity contribution < 1.29 is 26.7 Å². The Morgan fingerprint density at radius 1 is 0.833 bits per heavy atom. The van der Waals surface area contributed by atoms with E-state index in [2.05, 4.69) is 5.10 Å². The number of nitrogens with two attached hydrogens (primary N) is 1. The molecule has 0 fully saturated rings. The highest BCUT2D eigenvalue weighted by atomic mass is 32.2. The first-order valence-corrected chi connectivity index (χ1v) is 16.2. The lowest BCUT2D eigenvalue weighted by Gasteiger charge is -2.13. The van der Waals surface area contributed by atoms with Gasteiger partial charge >= 0.3 is 0 Å². The van der Waals surface area contributed by atoms with E-state index in [1.165, 1.54) is 41.2 Å². The number of aromatic nitrogens is 3. The van der Waals surface area contributed by atoms with Gasteiger partial charge in [0.15, 0.2) is 11.6 Å². The topological polar surface area (TPSA) is 109 Å². The number of aryl methyl sites for hydroxylation is 1. The van der Waals surface area contributed by atoms with Crippen molar-refractivity contribution in [1.82, 2.24) is 13.8 Å². The number of carbonyl (C=O) groups excluding carboxylic acids is 1. The van der Waals surface area contributed by atoms with Crippen LogP contribution in [-0.4, -0.2) is 28.0 Å². The van der Waals surface area contributed by atoms with Crippen LogP contribution in [0.15, 0.2) is 132 Å². The van der Waals surface area contributed by atoms with E-state index < -0.39 is 27.4 Å². The molecule has 0 atom stereocenters. The second-order valence-electron chi connectivity index (χ2n) is 11.0. The zero-order chi connectivity index (χ0) is 33.6. The van der Waals surface area contributed by atoms with Crippen LogP contribution in [-0.2, 0) is 10.0 Å². The summed E-state index contributed by atoms with van der Waals surface area (Å²) in [6, 6.07) is 32.6. The van der Waals surface area contributed by atoms with Gasteiger partial charge in [0.2, 0.25) is 11.6 Å². The lowest BCUT2D eigenvalue weighted by atomic mass is 10.0. The largest absolute Gasteiger partial charge is 0.454 e. The minimum atomic E-state index is -4.24. The van der Waals surface area contributed by atoms with Crippen LogP contribution >= 0.6 is 0 Å². The summed E-state index contributed by atoms with van der Waals surface area (Å²) in [4.78, 5) is 14.3. The lowest BCUT2D eigenvalue weighted by Crippen LogP contribution is -2.19. The molecule has 7 aromatic rings. The van der Waals surface area contributed by atoms with E-state index in [4.69, 9.17) is 10.5 Å². The Bertz CT molecular complexity index is 2460. The Morgan fingerprint density at radius 3 is 2.27 bits per heavy atom. The summed E-state index contributed by atoms with van der Waals surface area (Å²) in [6.45, 7) is 1.74. The monoisotopic (exact) mass is 660 g/mol. The van der Waals surface area contributed by atoms with E-state index in [-0.39, 0.29) is 33.5 Å². The lowest BCUT2D eigenvalue weighted by molar-refractivity contribution is 0.103. The molecule has 0 amide bonds. The molecular formula is C37H26F2N4O4S. The first-order valence-electron chi connectivity index (χ1n) is 14.8. The molecule has 0 saturated carbocycles. The third kappa shape index (κ3) is 5.19. The maximum Gasteiger partial charge on any atom is 0.268 e. The van der Waals surface area contributed by atoms with Crippen molar-refractivity contribution in [3.05, 3.63) is 156 Å². The Balaban J connectivity index is 1.32. The Kier molecular flexibility index (Phi) is 7.61. The van der Waals surface area contributed by atoms with E-state index in [1.807, 2.05) is 36.4 Å². The molecule has 2 aromatic heterocycles. The smallest absolute Gasteiger partial charge is 0.268 e. The molecule has 0 unspecified atom stereocenters. The van der Waals surface area contributed by atoms with Crippen molar-refractivity contribution in [2.75, 3.05) is 5.73 Å². The van der Waals surface area contributed by atoms with E-state index in [0.717, 1.165) is 21.2 Å². The number of benzene rings is 5. The van der Waals surface area contributed by atoms with Crippen molar-refractivity contribution in [3.8, 4) is 28.3 Å². The van der Waals surface area contributed by atoms with Crippen molar-refractivity contribution >= 4 is 32.5 Å². The molecule has 0 saturated heterocycles. The number of nitrogens with zero attached hydrogens (tertiary/aromatic N) is 3. The average Bonchev–Trinajstić information content (AvgIpc) is 3.69. The van der Waals surface area contributed by atoms with Crippen LogP contribution in [0.4, 0.5) is 14.6 Å². The van der Waals surface area contributed by atoms with Crippen LogP contribution in [0.5, 0.6) is 11.5 Å². The summed E-state index contributed by atoms with van der Waals surface area (Å²) < 4.78 is 64.2. The molecule has 5 aromatic carbocycles. The highest BCUT2D eigenvalue weighted by Crippen LogP contribution is 2.35. The third-order valence-electron chi connectivity index (χ3n) is 7.99. The Hall–Kier alpha value is -6.07. The normalized spacial score (nSPS) is 11.6. The van der Waals surface area contributed by atoms with Gasteiger partial charge in [-0.2, -0.15) is 9.49 Å². The van der Waals surface area contributed by atoms with Gasteiger partial charge in [-0.25, -0.2) is 21.5 Å². The van der Waals surface area contributed by atoms with Crippen LogP contribution in [0, 0.1) is 18.6 Å². The van der Waals surface area contributed by atoms with Gasteiger partial charge in [-0.05, 0) is 78.2 Å². The van der Waals surface area contributed by atoms with Gasteiger partial charge in [0.25, 0.3) is 10.0 Å². The summed E-state index contributed by atoms with van der Waals surface area (Å²) in [7, 11) is -4.24. The molecule has 0 radical (unpaired) electrons. The van der Waals surface area contributed by atoms with E-state index in [9.17, 15) is 22.0 Å². The molecule has 0 aliphatic carbocycles. The highest BCUT2D eigenvalue weighted by molar-refractivity contribution is 7.90. The van der Waals surface area contributed by atoms with Crippen molar-refractivity contribution in [1.29, 1.82) is 0 Å². The maximum atomic E-state index is 14.3. The van der Waals surface area contributed by atoms with E-state index in [0.29, 0.717) is 22.2 Å². The number of anilines is 1. The fourth-order valence-electron chi connectivity index (χ4n) is 5.67. The average molecular weight is 661 g/mol. The van der Waals surface area contributed by atoms with Crippen LogP contribution in [0.1, 0.15) is 21.6 Å². The standard InChI is InChI=1S/C37H26F2N4O4S/c1-23-20-25(47-34-17-9-15-30(38)35(34)39)18-19-31(23)42-37(40)29(22-41-42)36(44)33-21-28-27(24-10-4-2-5-11-24)14-8-16-32(28)43(33)48(45,46)26-12-6-3-7-13-26/h2-22H,40H2,1H3. The van der Waals surface area contributed by atoms with Gasteiger partial charge in [-0.15, -0.1) is 0 Å². The Labute approximate surface area is 274 Å². The molecule has 11 heteroatoms. The number of carbonyl (C=O) groups is 1. The summed E-state index contributed by atoms with van der Waals surface area (Å²) in [5.74, 6) is -2.84. The number of hydrogen-bond donors (Lipinski definition) is 1. The number of nitrogen functional groups attached to an aromatic ring is 1. The molecule has 0 aliphatic heterocycles. The van der Waals surface area contributed by atoms with Gasteiger partial charge in [-0.3, -0.25) is 4.79 Å². The summed E-state index contributed by atoms with van der Waals surface area (Å²) >= 11 is 0. The maximum absolute atomic E-state index is 14.3. The molecule has 8 nitrogen and oxygen atoms in total. The highest BCUT2D eigenvalue weighted by Gasteiger charge is 2.30. The van der Waals surface area contributed by atoms with Gasteiger partial charge in [0, 0.05) is 5.39 Å². The molecule has 0 aliphatic rings. The van der Waals surface area contributed by atoms with Gasteiger partial charge in [0.05, 0.1) is 27.9 Å². The first-order chi connectivity index (χ1) is 23.1. The van der Waals surface area contributed by atoms with Crippen molar-refractivity contribution in [2.45, 2.75) is 11.8 Å². The Morgan fingerprint density at radius 2 is 1.54 bits per heavy atom. The summed E-state index contributed by atoms with van der Waals surface area (Å²) in [5.41, 5.74) is 9.43. The fourth-order valence-corrected chi connectivity index (χ4v) is 7.20. The molecule has 238 valence electrons. The predicted octanol–water partition coefficient (Wildman–Crippen LogP) is 7.92. The van der Waals surface area contributed by atoms with Gasteiger partial charge in [0.1, 0.15) is 17.3 Å². The van der Waals surface area contributed by atoms with Crippen molar-refractivity contribution in [2.24, 2.45) is 0 Å². The zero-order valence-electron chi connectivity index (χ0n) is 25.3. The molecule has 0 spiro atoms. The summed E-state index contributed by atoms with van der Waals surface area (Å²) in [6.07, 6.45) is 1.29. The number of ketones is 1. The van der Waals surface area contributed by atoms with E-state index >= 15 is 0 Å². The van der Waals surface area contributed by atoms with Crippen molar-refractivity contribution in [3.63, 3.8) is 0 Å². The third-order valence-corrected chi connectivity index (χ3v) is 9.73. The van der Waals surface area contributed by atoms with Crippen LogP contribution in [0.2, 0.25) is 0 Å². The SMILES string of the molecule is Cc1cc(Oc2cccc(F)c2F)ccc1-n1ncc(C(=O)c2cc3c(-c4ccccc4)cccc3n2S(=O)(=O)c2ccccc2)c1N. The summed E-state index contributed by atoms with van der Waals surface area (Å²) in [5, 5.41) is 4.93. The fraction of sp³-hybridized carbons (Fsp3) is 0.0270. The second kappa shape index (κ2) is 11.9. The molecule has 0 bridgehead atoms. The number of ether oxygens (including phenoxy) is 1. The minimum absolute atomic E-state index is 0.00913. The van der Waals surface area contributed by atoms with Gasteiger partial charge < -0.3 is 10.5 Å². The first kappa shape index (κ1) is 30.6. The number of rotatable bonds is 8. The number of fused-ring (bicyclic) bond motifs is 1. The number of hydrogen-bond acceptors (Lipinski definition) is 6. The van der Waals surface area contributed by atoms with Gasteiger partial charge in [-0.1, -0.05) is 66.7 Å². The zero-order valence-corrected chi connectivity index (χ0v) is 26.2.